The predicted octanol–water partition coefficient (Wildman–Crippen LogP) is 2.82. The highest BCUT2D eigenvalue weighted by molar-refractivity contribution is 7.18. The molecule has 0 aliphatic carbocycles. The zero-order valence-electron chi connectivity index (χ0n) is 9.94. The third-order valence-electron chi connectivity index (χ3n) is 2.32. The molecule has 5 nitrogen and oxygen atoms in total. The normalized spacial score (nSPS) is 10.2. The molecule has 0 aliphatic rings. The Bertz CT molecular complexity index is 533. The number of hydrogen-bond donors (Lipinski definition) is 1. The van der Waals surface area contributed by atoms with Crippen molar-refractivity contribution in [2.24, 2.45) is 0 Å². The molecule has 0 spiro atoms. The van der Waals surface area contributed by atoms with Gasteiger partial charge in [-0.2, -0.15) is 0 Å². The standard InChI is InChI=1S/C11H12ClN3O2S/c1-16-8-4-3-7(9(5-8)17-2)6-13-11-15-14-10(12)18-11/h3-5H,6H2,1-2H3,(H,13,15). The highest BCUT2D eigenvalue weighted by Gasteiger charge is 2.06. The van der Waals surface area contributed by atoms with Crippen LogP contribution in [0.3, 0.4) is 0 Å². The lowest BCUT2D eigenvalue weighted by Gasteiger charge is -2.10. The van der Waals surface area contributed by atoms with Gasteiger partial charge < -0.3 is 14.8 Å². The van der Waals surface area contributed by atoms with Gasteiger partial charge in [0.15, 0.2) is 0 Å². The van der Waals surface area contributed by atoms with Gasteiger partial charge in [-0.05, 0) is 23.7 Å². The van der Waals surface area contributed by atoms with Crippen molar-refractivity contribution in [3.8, 4) is 11.5 Å². The lowest BCUT2D eigenvalue weighted by atomic mass is 10.2. The summed E-state index contributed by atoms with van der Waals surface area (Å²) in [4.78, 5) is 0. The van der Waals surface area contributed by atoms with Crippen molar-refractivity contribution in [2.75, 3.05) is 19.5 Å². The molecule has 7 heteroatoms. The van der Waals surface area contributed by atoms with Gasteiger partial charge in [0.05, 0.1) is 14.2 Å². The van der Waals surface area contributed by atoms with E-state index < -0.39 is 0 Å². The van der Waals surface area contributed by atoms with E-state index >= 15 is 0 Å². The average molecular weight is 286 g/mol. The van der Waals surface area contributed by atoms with Crippen LogP contribution < -0.4 is 14.8 Å². The molecule has 1 aromatic heterocycles. The second kappa shape index (κ2) is 5.88. The molecule has 0 aliphatic heterocycles. The number of nitrogens with one attached hydrogen (secondary N) is 1. The third-order valence-corrected chi connectivity index (χ3v) is 3.30. The number of rotatable bonds is 5. The Morgan fingerprint density at radius 3 is 2.72 bits per heavy atom. The minimum Gasteiger partial charge on any atom is -0.497 e. The van der Waals surface area contributed by atoms with Crippen molar-refractivity contribution in [1.82, 2.24) is 10.2 Å². The molecule has 0 saturated carbocycles. The molecule has 0 fully saturated rings. The van der Waals surface area contributed by atoms with Crippen LogP contribution in [0.15, 0.2) is 18.2 Å². The number of halogens is 1. The van der Waals surface area contributed by atoms with Crippen molar-refractivity contribution >= 4 is 28.1 Å². The first-order valence-corrected chi connectivity index (χ1v) is 6.36. The van der Waals surface area contributed by atoms with Crippen LogP contribution in [0.1, 0.15) is 5.56 Å². The highest BCUT2D eigenvalue weighted by atomic mass is 35.5. The molecular weight excluding hydrogens is 274 g/mol. The second-order valence-electron chi connectivity index (χ2n) is 3.39. The van der Waals surface area contributed by atoms with E-state index in [1.165, 1.54) is 11.3 Å². The van der Waals surface area contributed by atoms with Crippen LogP contribution in [-0.4, -0.2) is 24.4 Å². The van der Waals surface area contributed by atoms with Crippen molar-refractivity contribution in [3.05, 3.63) is 28.2 Å². The summed E-state index contributed by atoms with van der Waals surface area (Å²) < 4.78 is 10.9. The molecule has 0 atom stereocenters. The Balaban J connectivity index is 2.08. The zero-order valence-corrected chi connectivity index (χ0v) is 11.5. The number of nitrogens with zero attached hydrogens (tertiary/aromatic N) is 2. The van der Waals surface area contributed by atoms with E-state index in [-0.39, 0.29) is 0 Å². The maximum atomic E-state index is 5.70. The van der Waals surface area contributed by atoms with Gasteiger partial charge in [-0.15, -0.1) is 10.2 Å². The molecular formula is C11H12ClN3O2S. The first-order chi connectivity index (χ1) is 8.72. The fraction of sp³-hybridized carbons (Fsp3) is 0.273. The van der Waals surface area contributed by atoms with Gasteiger partial charge in [-0.1, -0.05) is 11.3 Å². The molecule has 2 rings (SSSR count). The molecule has 2 aromatic rings. The zero-order chi connectivity index (χ0) is 13.0. The largest absolute Gasteiger partial charge is 0.497 e. The minimum absolute atomic E-state index is 0.416. The van der Waals surface area contributed by atoms with E-state index in [1.807, 2.05) is 18.2 Å². The molecule has 1 heterocycles. The molecule has 0 bridgehead atoms. The summed E-state index contributed by atoms with van der Waals surface area (Å²) in [6, 6.07) is 5.66. The predicted molar refractivity (Wildman–Crippen MR) is 71.8 cm³/mol. The van der Waals surface area contributed by atoms with E-state index in [9.17, 15) is 0 Å². The van der Waals surface area contributed by atoms with Crippen molar-refractivity contribution in [2.45, 2.75) is 6.54 Å². The van der Waals surface area contributed by atoms with Crippen molar-refractivity contribution in [3.63, 3.8) is 0 Å². The van der Waals surface area contributed by atoms with Crippen LogP contribution in [0.4, 0.5) is 5.13 Å². The van der Waals surface area contributed by atoms with Crippen LogP contribution >= 0.6 is 22.9 Å². The summed E-state index contributed by atoms with van der Waals surface area (Å²) in [7, 11) is 3.25. The number of benzene rings is 1. The summed E-state index contributed by atoms with van der Waals surface area (Å²) in [5, 5.41) is 11.4. The summed E-state index contributed by atoms with van der Waals surface area (Å²) in [5.41, 5.74) is 1.00. The third kappa shape index (κ3) is 3.02. The summed E-state index contributed by atoms with van der Waals surface area (Å²) in [5.74, 6) is 1.52. The van der Waals surface area contributed by atoms with E-state index in [1.54, 1.807) is 14.2 Å². The van der Waals surface area contributed by atoms with Gasteiger partial charge in [0, 0.05) is 18.2 Å². The number of methoxy groups -OCH3 is 2. The number of ether oxygens (including phenoxy) is 2. The van der Waals surface area contributed by atoms with E-state index in [2.05, 4.69) is 15.5 Å². The van der Waals surface area contributed by atoms with Crippen LogP contribution in [0.5, 0.6) is 11.5 Å². The Morgan fingerprint density at radius 1 is 1.28 bits per heavy atom. The summed E-state index contributed by atoms with van der Waals surface area (Å²) >= 11 is 7.00. The fourth-order valence-corrected chi connectivity index (χ4v) is 2.17. The van der Waals surface area contributed by atoms with Gasteiger partial charge in [0.25, 0.3) is 0 Å². The molecule has 18 heavy (non-hydrogen) atoms. The van der Waals surface area contributed by atoms with Gasteiger partial charge in [0.2, 0.25) is 9.60 Å². The van der Waals surface area contributed by atoms with E-state index in [0.29, 0.717) is 16.1 Å². The topological polar surface area (TPSA) is 56.3 Å². The number of hydrogen-bond acceptors (Lipinski definition) is 6. The Kier molecular flexibility index (Phi) is 4.22. The van der Waals surface area contributed by atoms with Crippen LogP contribution in [0, 0.1) is 0 Å². The summed E-state index contributed by atoms with van der Waals surface area (Å²) in [6.07, 6.45) is 0. The monoisotopic (exact) mass is 285 g/mol. The number of anilines is 1. The molecule has 0 radical (unpaired) electrons. The average Bonchev–Trinajstić information content (AvgIpc) is 2.82. The maximum Gasteiger partial charge on any atom is 0.208 e. The molecule has 1 aromatic carbocycles. The van der Waals surface area contributed by atoms with Crippen LogP contribution in [0.25, 0.3) is 0 Å². The van der Waals surface area contributed by atoms with E-state index in [0.717, 1.165) is 17.1 Å². The molecule has 0 unspecified atom stereocenters. The lowest BCUT2D eigenvalue weighted by molar-refractivity contribution is 0.391. The van der Waals surface area contributed by atoms with Crippen molar-refractivity contribution in [1.29, 1.82) is 0 Å². The quantitative estimate of drug-likeness (QED) is 0.915. The first kappa shape index (κ1) is 12.9. The number of aromatic nitrogens is 2. The highest BCUT2D eigenvalue weighted by Crippen LogP contribution is 2.26. The van der Waals surface area contributed by atoms with Gasteiger partial charge in [-0.25, -0.2) is 0 Å². The Hall–Kier alpha value is -1.53. The fourth-order valence-electron chi connectivity index (χ4n) is 1.45. The molecule has 1 N–H and O–H groups in total. The Labute approximate surface area is 114 Å². The first-order valence-electron chi connectivity index (χ1n) is 5.16. The van der Waals surface area contributed by atoms with E-state index in [4.69, 9.17) is 21.1 Å². The van der Waals surface area contributed by atoms with Gasteiger partial charge >= 0.3 is 0 Å². The SMILES string of the molecule is COc1ccc(CNc2nnc(Cl)s2)c(OC)c1. The van der Waals surface area contributed by atoms with Gasteiger partial charge in [0.1, 0.15) is 11.5 Å². The second-order valence-corrected chi connectivity index (χ2v) is 4.95. The Morgan fingerprint density at radius 2 is 2.11 bits per heavy atom. The van der Waals surface area contributed by atoms with Crippen LogP contribution in [0.2, 0.25) is 4.47 Å². The smallest absolute Gasteiger partial charge is 0.208 e. The minimum atomic E-state index is 0.416. The summed E-state index contributed by atoms with van der Waals surface area (Å²) in [6.45, 7) is 0.582. The van der Waals surface area contributed by atoms with Crippen molar-refractivity contribution < 1.29 is 9.47 Å². The molecule has 96 valence electrons. The maximum absolute atomic E-state index is 5.70. The molecule has 0 amide bonds. The molecule has 0 saturated heterocycles. The van der Waals surface area contributed by atoms with Gasteiger partial charge in [-0.3, -0.25) is 0 Å². The van der Waals surface area contributed by atoms with Crippen LogP contribution in [-0.2, 0) is 6.54 Å². The lowest BCUT2D eigenvalue weighted by Crippen LogP contribution is -2.01.